The standard InChI is InChI=1S/C20H29N3O2/c1-11-15-16(12(2)22-11)17(15)18(24)23-20(3,4)10-25-19-14(13-7-8-13)6-5-9-21-19/h5-6,9,11-13,15-17,22H,7-8,10H2,1-4H3,(H,23,24)/t11-,12+,15-,16+,17?. The van der Waals surface area contributed by atoms with Gasteiger partial charge in [-0.3, -0.25) is 4.79 Å². The Balaban J connectivity index is 1.34. The highest BCUT2D eigenvalue weighted by Crippen LogP contribution is 2.55. The van der Waals surface area contributed by atoms with Crippen LogP contribution in [0.25, 0.3) is 0 Å². The third-order valence-corrected chi connectivity index (χ3v) is 5.97. The lowest BCUT2D eigenvalue weighted by Crippen LogP contribution is -2.50. The van der Waals surface area contributed by atoms with Gasteiger partial charge < -0.3 is 15.4 Å². The molecule has 1 amide bonds. The van der Waals surface area contributed by atoms with Crippen molar-refractivity contribution < 1.29 is 9.53 Å². The summed E-state index contributed by atoms with van der Waals surface area (Å²) in [5, 5.41) is 6.72. The molecule has 2 heterocycles. The number of ether oxygens (including phenoxy) is 1. The maximum absolute atomic E-state index is 12.7. The largest absolute Gasteiger partial charge is 0.475 e. The second kappa shape index (κ2) is 5.97. The summed E-state index contributed by atoms with van der Waals surface area (Å²) in [6.45, 7) is 8.84. The zero-order valence-electron chi connectivity index (χ0n) is 15.6. The maximum atomic E-state index is 12.7. The summed E-state index contributed by atoms with van der Waals surface area (Å²) in [4.78, 5) is 17.1. The number of hydrogen-bond acceptors (Lipinski definition) is 4. The van der Waals surface area contributed by atoms with Gasteiger partial charge in [0.15, 0.2) is 0 Å². The van der Waals surface area contributed by atoms with Gasteiger partial charge in [-0.25, -0.2) is 4.98 Å². The summed E-state index contributed by atoms with van der Waals surface area (Å²) >= 11 is 0. The van der Waals surface area contributed by atoms with Gasteiger partial charge in [-0.15, -0.1) is 0 Å². The van der Waals surface area contributed by atoms with Gasteiger partial charge in [0.05, 0.1) is 5.54 Å². The molecule has 2 aliphatic carbocycles. The summed E-state index contributed by atoms with van der Waals surface area (Å²) < 4.78 is 6.00. The SMILES string of the molecule is C[C@@H]1N[C@H](C)[C@H]2C(C(=O)NC(C)(C)COc3ncccc3C3CC3)[C@H]21. The molecule has 1 aliphatic heterocycles. The van der Waals surface area contributed by atoms with Crippen molar-refractivity contribution in [2.75, 3.05) is 6.61 Å². The van der Waals surface area contributed by atoms with Gasteiger partial charge >= 0.3 is 0 Å². The Labute approximate surface area is 149 Å². The fourth-order valence-electron chi connectivity index (χ4n) is 4.56. The quantitative estimate of drug-likeness (QED) is 0.833. The lowest BCUT2D eigenvalue weighted by Gasteiger charge is -2.27. The molecular weight excluding hydrogens is 314 g/mol. The minimum atomic E-state index is -0.410. The van der Waals surface area contributed by atoms with E-state index in [1.165, 1.54) is 18.4 Å². The summed E-state index contributed by atoms with van der Waals surface area (Å²) in [5.41, 5.74) is 0.793. The molecule has 0 aromatic carbocycles. The molecule has 2 N–H and O–H groups in total. The Morgan fingerprint density at radius 2 is 2.00 bits per heavy atom. The highest BCUT2D eigenvalue weighted by atomic mass is 16.5. The Bertz CT molecular complexity index is 657. The molecular formula is C20H29N3O2. The van der Waals surface area contributed by atoms with E-state index in [1.807, 2.05) is 19.9 Å². The van der Waals surface area contributed by atoms with E-state index in [1.54, 1.807) is 6.20 Å². The second-order valence-corrected chi connectivity index (χ2v) is 8.76. The van der Waals surface area contributed by atoms with E-state index in [0.717, 1.165) is 5.88 Å². The van der Waals surface area contributed by atoms with Gasteiger partial charge in [-0.2, -0.15) is 0 Å². The van der Waals surface area contributed by atoms with Crippen LogP contribution >= 0.6 is 0 Å². The number of aromatic nitrogens is 1. The van der Waals surface area contributed by atoms with Crippen molar-refractivity contribution in [2.45, 2.75) is 64.1 Å². The predicted octanol–water partition coefficient (Wildman–Crippen LogP) is 2.47. The van der Waals surface area contributed by atoms with Gasteiger partial charge in [0.2, 0.25) is 11.8 Å². The number of pyridine rings is 1. The van der Waals surface area contributed by atoms with Crippen LogP contribution in [0.1, 0.15) is 52.0 Å². The van der Waals surface area contributed by atoms with Crippen LogP contribution in [-0.2, 0) is 4.79 Å². The first-order valence-electron chi connectivity index (χ1n) is 9.53. The molecule has 3 aliphatic rings. The van der Waals surface area contributed by atoms with Gasteiger partial charge in [0, 0.05) is 29.8 Å². The molecule has 5 atom stereocenters. The monoisotopic (exact) mass is 343 g/mol. The first kappa shape index (κ1) is 16.8. The molecule has 2 saturated carbocycles. The smallest absolute Gasteiger partial charge is 0.224 e. The van der Waals surface area contributed by atoms with E-state index in [2.05, 4.69) is 35.5 Å². The Morgan fingerprint density at radius 3 is 2.64 bits per heavy atom. The fraction of sp³-hybridized carbons (Fsp3) is 0.700. The van der Waals surface area contributed by atoms with E-state index in [4.69, 9.17) is 4.74 Å². The highest BCUT2D eigenvalue weighted by Gasteiger charge is 2.63. The van der Waals surface area contributed by atoms with Crippen LogP contribution in [0.2, 0.25) is 0 Å². The van der Waals surface area contributed by atoms with Crippen LogP contribution in [0.15, 0.2) is 18.3 Å². The van der Waals surface area contributed by atoms with Crippen molar-refractivity contribution in [3.8, 4) is 5.88 Å². The fourth-order valence-corrected chi connectivity index (χ4v) is 4.56. The van der Waals surface area contributed by atoms with Crippen molar-refractivity contribution >= 4 is 5.91 Å². The number of rotatable bonds is 6. The van der Waals surface area contributed by atoms with Gasteiger partial charge in [0.25, 0.3) is 0 Å². The molecule has 1 saturated heterocycles. The molecule has 5 nitrogen and oxygen atoms in total. The van der Waals surface area contributed by atoms with Crippen LogP contribution in [0.5, 0.6) is 5.88 Å². The maximum Gasteiger partial charge on any atom is 0.224 e. The van der Waals surface area contributed by atoms with E-state index in [9.17, 15) is 4.79 Å². The number of carbonyl (C=O) groups is 1. The summed E-state index contributed by atoms with van der Waals surface area (Å²) in [6.07, 6.45) is 4.21. The molecule has 25 heavy (non-hydrogen) atoms. The molecule has 3 fully saturated rings. The summed E-state index contributed by atoms with van der Waals surface area (Å²) in [7, 11) is 0. The van der Waals surface area contributed by atoms with Crippen molar-refractivity contribution in [1.29, 1.82) is 0 Å². The van der Waals surface area contributed by atoms with E-state index >= 15 is 0 Å². The van der Waals surface area contributed by atoms with Gasteiger partial charge in [-0.1, -0.05) is 6.07 Å². The number of hydrogen-bond donors (Lipinski definition) is 2. The minimum Gasteiger partial charge on any atom is -0.475 e. The lowest BCUT2D eigenvalue weighted by atomic mass is 10.0. The van der Waals surface area contributed by atoms with Crippen molar-refractivity contribution in [3.05, 3.63) is 23.9 Å². The molecule has 0 radical (unpaired) electrons. The van der Waals surface area contributed by atoms with Crippen molar-refractivity contribution in [1.82, 2.24) is 15.6 Å². The highest BCUT2D eigenvalue weighted by molar-refractivity contribution is 5.83. The van der Waals surface area contributed by atoms with Crippen LogP contribution in [0.3, 0.4) is 0 Å². The molecule has 0 spiro atoms. The molecule has 1 aromatic rings. The van der Waals surface area contributed by atoms with Crippen LogP contribution in [0.4, 0.5) is 0 Å². The number of fused-ring (bicyclic) bond motifs is 1. The van der Waals surface area contributed by atoms with Crippen LogP contribution in [0, 0.1) is 17.8 Å². The first-order valence-corrected chi connectivity index (χ1v) is 9.53. The Hall–Kier alpha value is -1.62. The van der Waals surface area contributed by atoms with Crippen LogP contribution in [-0.4, -0.2) is 35.1 Å². The van der Waals surface area contributed by atoms with E-state index in [0.29, 0.717) is 36.4 Å². The second-order valence-electron chi connectivity index (χ2n) is 8.76. The topological polar surface area (TPSA) is 63.2 Å². The number of nitrogens with one attached hydrogen (secondary N) is 2. The van der Waals surface area contributed by atoms with Gasteiger partial charge in [0.1, 0.15) is 6.61 Å². The van der Waals surface area contributed by atoms with Crippen molar-refractivity contribution in [2.24, 2.45) is 17.8 Å². The lowest BCUT2D eigenvalue weighted by molar-refractivity contribution is -0.125. The minimum absolute atomic E-state index is 0.155. The van der Waals surface area contributed by atoms with E-state index in [-0.39, 0.29) is 11.8 Å². The average molecular weight is 343 g/mol. The van der Waals surface area contributed by atoms with Gasteiger partial charge in [-0.05, 0) is 64.4 Å². The number of amides is 1. The van der Waals surface area contributed by atoms with Crippen LogP contribution < -0.4 is 15.4 Å². The average Bonchev–Trinajstić information content (AvgIpc) is 3.44. The zero-order valence-corrected chi connectivity index (χ0v) is 15.6. The Morgan fingerprint density at radius 1 is 1.32 bits per heavy atom. The predicted molar refractivity (Wildman–Crippen MR) is 96.5 cm³/mol. The Kier molecular flexibility index (Phi) is 4.02. The summed E-state index contributed by atoms with van der Waals surface area (Å²) in [6, 6.07) is 4.94. The molecule has 1 aromatic heterocycles. The number of piperidine rings is 1. The molecule has 5 heteroatoms. The van der Waals surface area contributed by atoms with E-state index < -0.39 is 5.54 Å². The number of nitrogens with zero attached hydrogens (tertiary/aromatic N) is 1. The normalized spacial score (nSPS) is 33.7. The molecule has 4 rings (SSSR count). The van der Waals surface area contributed by atoms with Crippen molar-refractivity contribution in [3.63, 3.8) is 0 Å². The number of carbonyl (C=O) groups excluding carboxylic acids is 1. The molecule has 136 valence electrons. The molecule has 1 unspecified atom stereocenters. The summed E-state index contributed by atoms with van der Waals surface area (Å²) in [5.74, 6) is 2.63. The molecule has 0 bridgehead atoms. The zero-order chi connectivity index (χ0) is 17.8. The first-order chi connectivity index (χ1) is 11.9. The third-order valence-electron chi connectivity index (χ3n) is 5.97. The third kappa shape index (κ3) is 3.26.